The molecular formula is C19H22B2N4O2. The number of aromatic nitrogens is 4. The predicted octanol–water partition coefficient (Wildman–Crippen LogP) is -1.34. The summed E-state index contributed by atoms with van der Waals surface area (Å²) in [6.07, 6.45) is 1.60. The molecule has 0 fully saturated rings. The van der Waals surface area contributed by atoms with Gasteiger partial charge in [0.1, 0.15) is 26.4 Å². The number of nitrogens with zero attached hydrogens (tertiary/aromatic N) is 1. The van der Waals surface area contributed by atoms with Gasteiger partial charge in [-0.25, -0.2) is 4.98 Å². The van der Waals surface area contributed by atoms with Gasteiger partial charge in [-0.2, -0.15) is 0 Å². The van der Waals surface area contributed by atoms with Gasteiger partial charge in [-0.3, -0.25) is 9.59 Å². The second-order valence-electron chi connectivity index (χ2n) is 7.65. The third-order valence-electron chi connectivity index (χ3n) is 4.63. The molecule has 0 bridgehead atoms. The molecule has 0 spiro atoms. The molecule has 0 unspecified atom stereocenters. The highest BCUT2D eigenvalue weighted by molar-refractivity contribution is 6.42. The van der Waals surface area contributed by atoms with Gasteiger partial charge in [0, 0.05) is 11.1 Å². The van der Waals surface area contributed by atoms with Crippen molar-refractivity contribution < 1.29 is 0 Å². The lowest BCUT2D eigenvalue weighted by atomic mass is 9.83. The maximum atomic E-state index is 12.7. The van der Waals surface area contributed by atoms with Gasteiger partial charge >= 0.3 is 0 Å². The van der Waals surface area contributed by atoms with Crippen LogP contribution in [0.25, 0.3) is 10.9 Å². The van der Waals surface area contributed by atoms with Crippen LogP contribution in [0.15, 0.2) is 46.2 Å². The van der Waals surface area contributed by atoms with Gasteiger partial charge in [-0.15, -0.1) is 0 Å². The highest BCUT2D eigenvalue weighted by atomic mass is 16.1. The van der Waals surface area contributed by atoms with E-state index in [-0.39, 0.29) is 27.2 Å². The first-order chi connectivity index (χ1) is 12.7. The maximum absolute atomic E-state index is 12.7. The lowest BCUT2D eigenvalue weighted by molar-refractivity contribution is 0.571. The molecule has 1 aromatic carbocycles. The number of imidazole rings is 1. The Labute approximate surface area is 158 Å². The largest absolute Gasteiger partial charge is 0.348 e. The van der Waals surface area contributed by atoms with E-state index < -0.39 is 0 Å². The number of rotatable bonds is 2. The third kappa shape index (κ3) is 3.60. The fourth-order valence-corrected chi connectivity index (χ4v) is 3.09. The molecule has 0 saturated carbocycles. The summed E-state index contributed by atoms with van der Waals surface area (Å²) in [6, 6.07) is 9.49. The lowest BCUT2D eigenvalue weighted by Gasteiger charge is -2.18. The van der Waals surface area contributed by atoms with Crippen molar-refractivity contribution in [1.29, 1.82) is 0 Å². The first kappa shape index (κ1) is 18.8. The molecule has 0 aliphatic rings. The Kier molecular flexibility index (Phi) is 4.83. The highest BCUT2D eigenvalue weighted by Gasteiger charge is 2.21. The molecule has 0 aliphatic heterocycles. The van der Waals surface area contributed by atoms with Crippen molar-refractivity contribution in [3.8, 4) is 0 Å². The van der Waals surface area contributed by atoms with E-state index in [2.05, 4.69) is 40.7 Å². The van der Waals surface area contributed by atoms with Crippen molar-refractivity contribution in [3.05, 3.63) is 85.0 Å². The lowest BCUT2D eigenvalue weighted by Crippen LogP contribution is -2.49. The van der Waals surface area contributed by atoms with E-state index in [4.69, 9.17) is 0 Å². The Hall–Kier alpha value is -3.02. The van der Waals surface area contributed by atoms with Crippen molar-refractivity contribution in [2.75, 3.05) is 0 Å². The van der Waals surface area contributed by atoms with Crippen LogP contribution in [0.1, 0.15) is 37.7 Å². The number of benzene rings is 1. The smallest absolute Gasteiger partial charge is 0.271 e. The molecule has 6 nitrogen and oxygen atoms in total. The Balaban J connectivity index is 2.29. The molecule has 3 aromatic rings. The SMILES string of the molecule is B/C(c1ccccc1)=c1/[nH]c(=O)/c(=C(\B)c2nc[nH]c2C(C)(C)C)[nH]c1=O. The minimum Gasteiger partial charge on any atom is -0.348 e. The molecule has 3 rings (SSSR count). The van der Waals surface area contributed by atoms with Crippen LogP contribution in [0.2, 0.25) is 0 Å². The number of nitrogens with one attached hydrogen (secondary N) is 3. The van der Waals surface area contributed by atoms with E-state index in [1.54, 1.807) is 14.2 Å². The van der Waals surface area contributed by atoms with Crippen molar-refractivity contribution in [1.82, 2.24) is 19.9 Å². The van der Waals surface area contributed by atoms with E-state index in [1.807, 2.05) is 38.2 Å². The van der Waals surface area contributed by atoms with Crippen LogP contribution in [-0.2, 0) is 5.41 Å². The fraction of sp³-hybridized carbons (Fsp3) is 0.211. The van der Waals surface area contributed by atoms with E-state index >= 15 is 0 Å². The number of hydrogen-bond donors (Lipinski definition) is 3. The second-order valence-corrected chi connectivity index (χ2v) is 7.65. The van der Waals surface area contributed by atoms with Crippen LogP contribution in [-0.4, -0.2) is 35.6 Å². The van der Waals surface area contributed by atoms with Crippen molar-refractivity contribution in [3.63, 3.8) is 0 Å². The predicted molar refractivity (Wildman–Crippen MR) is 113 cm³/mol. The van der Waals surface area contributed by atoms with Gasteiger partial charge < -0.3 is 15.0 Å². The Morgan fingerprint density at radius 1 is 0.926 bits per heavy atom. The van der Waals surface area contributed by atoms with Crippen LogP contribution in [0.5, 0.6) is 0 Å². The molecule has 2 heterocycles. The van der Waals surface area contributed by atoms with E-state index in [9.17, 15) is 9.59 Å². The Morgan fingerprint density at radius 2 is 1.48 bits per heavy atom. The van der Waals surface area contributed by atoms with Crippen molar-refractivity contribution >= 4 is 26.6 Å². The molecule has 0 amide bonds. The van der Waals surface area contributed by atoms with Gasteiger partial charge in [0.2, 0.25) is 0 Å². The van der Waals surface area contributed by atoms with Gasteiger partial charge in [-0.05, 0) is 11.0 Å². The molecule has 136 valence electrons. The standard InChI is InChI=1S/C19H22B2N4O2/c1-19(2,3)16-13(22-9-23-16)12(21)15-18(27)24-14(17(26)25-15)11(20)10-7-5-4-6-8-10/h4-9H,20-21H2,1-3H3,(H,22,23)(H,24,27)(H,25,26)/b14-11+,15-12+. The molecule has 8 heteroatoms. The van der Waals surface area contributed by atoms with Crippen molar-refractivity contribution in [2.45, 2.75) is 26.2 Å². The van der Waals surface area contributed by atoms with Gasteiger partial charge in [-0.1, -0.05) is 56.6 Å². The average Bonchev–Trinajstić information content (AvgIpc) is 3.13. The summed E-state index contributed by atoms with van der Waals surface area (Å²) in [5.41, 5.74) is 2.97. The zero-order valence-electron chi connectivity index (χ0n) is 16.2. The van der Waals surface area contributed by atoms with Gasteiger partial charge in [0.15, 0.2) is 0 Å². The molecule has 2 aromatic heterocycles. The summed E-state index contributed by atoms with van der Waals surface area (Å²) in [5, 5.41) is 0.489. The molecular weight excluding hydrogens is 338 g/mol. The van der Waals surface area contributed by atoms with E-state index in [0.29, 0.717) is 16.6 Å². The third-order valence-corrected chi connectivity index (χ3v) is 4.63. The minimum atomic E-state index is -0.347. The molecule has 3 N–H and O–H groups in total. The van der Waals surface area contributed by atoms with Gasteiger partial charge in [0.25, 0.3) is 11.1 Å². The second kappa shape index (κ2) is 6.95. The van der Waals surface area contributed by atoms with Crippen LogP contribution in [0.4, 0.5) is 0 Å². The fourth-order valence-electron chi connectivity index (χ4n) is 3.09. The van der Waals surface area contributed by atoms with E-state index in [0.717, 1.165) is 11.3 Å². The summed E-state index contributed by atoms with van der Waals surface area (Å²) in [4.78, 5) is 38.4. The summed E-state index contributed by atoms with van der Waals surface area (Å²) in [7, 11) is 3.61. The van der Waals surface area contributed by atoms with Crippen LogP contribution < -0.4 is 21.8 Å². The minimum absolute atomic E-state index is 0.169. The van der Waals surface area contributed by atoms with Crippen LogP contribution in [0, 0.1) is 0 Å². The van der Waals surface area contributed by atoms with Crippen LogP contribution in [0.3, 0.4) is 0 Å². The monoisotopic (exact) mass is 360 g/mol. The Morgan fingerprint density at radius 3 is 2.04 bits per heavy atom. The summed E-state index contributed by atoms with van der Waals surface area (Å²) >= 11 is 0. The molecule has 0 saturated heterocycles. The number of aromatic amines is 3. The number of H-pyrrole nitrogens is 3. The molecule has 0 aliphatic carbocycles. The van der Waals surface area contributed by atoms with E-state index in [1.165, 1.54) is 0 Å². The zero-order chi connectivity index (χ0) is 19.8. The highest BCUT2D eigenvalue weighted by Crippen LogP contribution is 2.24. The summed E-state index contributed by atoms with van der Waals surface area (Å²) < 4.78 is 0. The average molecular weight is 360 g/mol. The molecule has 27 heavy (non-hydrogen) atoms. The topological polar surface area (TPSA) is 94.4 Å². The van der Waals surface area contributed by atoms with Gasteiger partial charge in [0.05, 0.1) is 12.0 Å². The zero-order valence-corrected chi connectivity index (χ0v) is 16.2. The first-order valence-electron chi connectivity index (χ1n) is 8.84. The molecule has 0 atom stereocenters. The quantitative estimate of drug-likeness (QED) is 0.494. The summed E-state index contributed by atoms with van der Waals surface area (Å²) in [5.74, 6) is 0. The maximum Gasteiger partial charge on any atom is 0.271 e. The first-order valence-corrected chi connectivity index (χ1v) is 8.84. The summed E-state index contributed by atoms with van der Waals surface area (Å²) in [6.45, 7) is 6.18. The van der Waals surface area contributed by atoms with Crippen molar-refractivity contribution in [2.24, 2.45) is 0 Å². The normalized spacial score (nSPS) is 14.0. The Bertz CT molecular complexity index is 1220. The van der Waals surface area contributed by atoms with Crippen LogP contribution >= 0.6 is 0 Å². The molecule has 0 radical (unpaired) electrons. The number of hydrogen-bond acceptors (Lipinski definition) is 3.